The maximum absolute atomic E-state index is 12.7. The largest absolute Gasteiger partial charge is 0.462 e. The van der Waals surface area contributed by atoms with Crippen molar-refractivity contribution in [2.45, 2.75) is 200 Å². The molecule has 0 aliphatic carbocycles. The molecule has 0 bridgehead atoms. The molecule has 0 amide bonds. The summed E-state index contributed by atoms with van der Waals surface area (Å²) >= 11 is 0. The molecule has 0 aromatic heterocycles. The molecular formula is C56H88O6. The summed E-state index contributed by atoms with van der Waals surface area (Å²) in [5.74, 6) is -1.05. The maximum atomic E-state index is 12.7. The molecule has 348 valence electrons. The van der Waals surface area contributed by atoms with Crippen LogP contribution in [0.5, 0.6) is 0 Å². The fraction of sp³-hybridized carbons (Fsp3) is 0.589. The molecule has 0 unspecified atom stereocenters. The zero-order chi connectivity index (χ0) is 45.1. The number of allylic oxidation sites excluding steroid dienone is 20. The van der Waals surface area contributed by atoms with Crippen molar-refractivity contribution in [3.8, 4) is 0 Å². The average Bonchev–Trinajstić information content (AvgIpc) is 3.27. The third kappa shape index (κ3) is 46.9. The summed E-state index contributed by atoms with van der Waals surface area (Å²) in [4.78, 5) is 37.8. The van der Waals surface area contributed by atoms with Gasteiger partial charge in [-0.1, -0.05) is 200 Å². The Morgan fingerprint density at radius 3 is 0.984 bits per heavy atom. The molecule has 0 saturated carbocycles. The third-order valence-electron chi connectivity index (χ3n) is 9.71. The Morgan fingerprint density at radius 2 is 0.629 bits per heavy atom. The van der Waals surface area contributed by atoms with Crippen LogP contribution >= 0.6 is 0 Å². The zero-order valence-corrected chi connectivity index (χ0v) is 39.6. The van der Waals surface area contributed by atoms with Crippen LogP contribution < -0.4 is 0 Å². The molecule has 0 aromatic carbocycles. The summed E-state index contributed by atoms with van der Waals surface area (Å²) in [6.45, 7) is 6.27. The molecule has 62 heavy (non-hydrogen) atoms. The summed E-state index contributed by atoms with van der Waals surface area (Å²) in [5, 5.41) is 0. The van der Waals surface area contributed by atoms with E-state index in [1.807, 2.05) is 0 Å². The Balaban J connectivity index is 4.58. The fourth-order valence-electron chi connectivity index (χ4n) is 6.10. The molecule has 1 atom stereocenters. The molecule has 0 fully saturated rings. The van der Waals surface area contributed by atoms with E-state index < -0.39 is 6.10 Å². The summed E-state index contributed by atoms with van der Waals surface area (Å²) in [5.41, 5.74) is 0. The van der Waals surface area contributed by atoms with E-state index in [-0.39, 0.29) is 44.0 Å². The molecule has 0 N–H and O–H groups in total. The first kappa shape index (κ1) is 57.8. The van der Waals surface area contributed by atoms with E-state index in [2.05, 4.69) is 142 Å². The standard InChI is InChI=1S/C56H88O6/c1-4-7-10-13-16-19-22-24-26-28-30-32-34-37-40-43-46-49-55(58)61-52-53(51-60-54(57)48-45-42-39-36-21-18-15-12-9-6-3)62-56(59)50-47-44-41-38-35-33-31-29-27-25-23-20-17-14-11-8-5-2/h7-8,10-11,16-17,19-20,24-27,30-33,37-38,40-41,53H,4-6,9,12-15,18,21-23,28-29,34-36,39,42-52H2,1-3H3/b10-7-,11-8-,19-16-,20-17-,26-24-,27-25-,32-30-,33-31-,40-37-,41-38-/t53-/m1/s1. The van der Waals surface area contributed by atoms with Gasteiger partial charge in [0, 0.05) is 19.3 Å². The van der Waals surface area contributed by atoms with Crippen LogP contribution in [0.25, 0.3) is 0 Å². The van der Waals surface area contributed by atoms with Crippen molar-refractivity contribution in [3.05, 3.63) is 122 Å². The first-order valence-corrected chi connectivity index (χ1v) is 24.5. The van der Waals surface area contributed by atoms with Crippen LogP contribution in [-0.2, 0) is 28.6 Å². The van der Waals surface area contributed by atoms with Crippen LogP contribution in [0.3, 0.4) is 0 Å². The first-order chi connectivity index (χ1) is 30.5. The van der Waals surface area contributed by atoms with Gasteiger partial charge in [0.1, 0.15) is 13.2 Å². The Hall–Kier alpha value is -4.19. The van der Waals surface area contributed by atoms with Gasteiger partial charge < -0.3 is 14.2 Å². The highest BCUT2D eigenvalue weighted by molar-refractivity contribution is 5.71. The molecule has 6 nitrogen and oxygen atoms in total. The van der Waals surface area contributed by atoms with Crippen molar-refractivity contribution in [1.82, 2.24) is 0 Å². The van der Waals surface area contributed by atoms with Gasteiger partial charge in [0.25, 0.3) is 0 Å². The van der Waals surface area contributed by atoms with Crippen molar-refractivity contribution < 1.29 is 28.6 Å². The third-order valence-corrected chi connectivity index (χ3v) is 9.71. The lowest BCUT2D eigenvalue weighted by atomic mass is 10.1. The molecule has 0 aromatic rings. The van der Waals surface area contributed by atoms with Gasteiger partial charge in [-0.3, -0.25) is 14.4 Å². The normalized spacial score (nSPS) is 13.1. The number of carbonyl (C=O) groups is 3. The average molecular weight is 857 g/mol. The van der Waals surface area contributed by atoms with Crippen LogP contribution in [0.15, 0.2) is 122 Å². The Bertz CT molecular complexity index is 1350. The lowest BCUT2D eigenvalue weighted by molar-refractivity contribution is -0.167. The van der Waals surface area contributed by atoms with Crippen LogP contribution in [0.1, 0.15) is 194 Å². The highest BCUT2D eigenvalue weighted by Crippen LogP contribution is 2.12. The summed E-state index contributed by atoms with van der Waals surface area (Å²) in [6, 6.07) is 0. The molecule has 0 heterocycles. The topological polar surface area (TPSA) is 78.9 Å². The quantitative estimate of drug-likeness (QED) is 0.0263. The Labute approximate surface area is 380 Å². The van der Waals surface area contributed by atoms with Gasteiger partial charge in [-0.05, 0) is 96.3 Å². The lowest BCUT2D eigenvalue weighted by Crippen LogP contribution is -2.30. The van der Waals surface area contributed by atoms with Crippen molar-refractivity contribution in [3.63, 3.8) is 0 Å². The van der Waals surface area contributed by atoms with Gasteiger partial charge in [0.2, 0.25) is 0 Å². The predicted molar refractivity (Wildman–Crippen MR) is 265 cm³/mol. The minimum absolute atomic E-state index is 0.121. The molecule has 0 spiro atoms. The van der Waals surface area contributed by atoms with Crippen LogP contribution in [0, 0.1) is 0 Å². The molecule has 0 aliphatic rings. The van der Waals surface area contributed by atoms with E-state index >= 15 is 0 Å². The molecule has 0 rings (SSSR count). The van der Waals surface area contributed by atoms with E-state index in [0.717, 1.165) is 96.3 Å². The number of ether oxygens (including phenoxy) is 3. The molecule has 0 aliphatic heterocycles. The molecule has 0 saturated heterocycles. The number of esters is 3. The number of unbranched alkanes of at least 4 members (excludes halogenated alkanes) is 11. The summed E-state index contributed by atoms with van der Waals surface area (Å²) in [6.07, 6.45) is 67.6. The summed E-state index contributed by atoms with van der Waals surface area (Å²) < 4.78 is 16.6. The molecule has 6 heteroatoms. The fourth-order valence-corrected chi connectivity index (χ4v) is 6.10. The van der Waals surface area contributed by atoms with Crippen molar-refractivity contribution in [2.75, 3.05) is 13.2 Å². The van der Waals surface area contributed by atoms with E-state index in [0.29, 0.717) is 19.3 Å². The zero-order valence-electron chi connectivity index (χ0n) is 39.6. The van der Waals surface area contributed by atoms with Gasteiger partial charge >= 0.3 is 17.9 Å². The smallest absolute Gasteiger partial charge is 0.306 e. The number of rotatable bonds is 42. The second-order valence-electron chi connectivity index (χ2n) is 15.6. The lowest BCUT2D eigenvalue weighted by Gasteiger charge is -2.18. The van der Waals surface area contributed by atoms with Gasteiger partial charge in [0.15, 0.2) is 6.10 Å². The van der Waals surface area contributed by atoms with Gasteiger partial charge in [0.05, 0.1) is 0 Å². The van der Waals surface area contributed by atoms with Crippen molar-refractivity contribution in [2.24, 2.45) is 0 Å². The number of hydrogen-bond donors (Lipinski definition) is 0. The highest BCUT2D eigenvalue weighted by Gasteiger charge is 2.19. The number of carbonyl (C=O) groups excluding carboxylic acids is 3. The SMILES string of the molecule is CC/C=C\C/C=C\C/C=C\C/C=C\C/C=C\CCCC(=O)OC[C@@H](COC(=O)CCCCCCCCCCCC)OC(=O)CCC/C=C\C/C=C\C/C=C\C/C=C\C/C=C\CC. The minimum atomic E-state index is -0.831. The monoisotopic (exact) mass is 857 g/mol. The van der Waals surface area contributed by atoms with Crippen LogP contribution in [0.4, 0.5) is 0 Å². The van der Waals surface area contributed by atoms with E-state index in [9.17, 15) is 14.4 Å². The van der Waals surface area contributed by atoms with Crippen LogP contribution in [-0.4, -0.2) is 37.2 Å². The number of hydrogen-bond acceptors (Lipinski definition) is 6. The van der Waals surface area contributed by atoms with Gasteiger partial charge in [-0.25, -0.2) is 0 Å². The van der Waals surface area contributed by atoms with Crippen molar-refractivity contribution in [1.29, 1.82) is 0 Å². The Morgan fingerprint density at radius 1 is 0.339 bits per heavy atom. The van der Waals surface area contributed by atoms with E-state index in [1.165, 1.54) is 44.9 Å². The van der Waals surface area contributed by atoms with E-state index in [4.69, 9.17) is 14.2 Å². The molecule has 0 radical (unpaired) electrons. The Kier molecular flexibility index (Phi) is 46.1. The second-order valence-corrected chi connectivity index (χ2v) is 15.6. The second kappa shape index (κ2) is 49.5. The maximum Gasteiger partial charge on any atom is 0.306 e. The molecular weight excluding hydrogens is 769 g/mol. The van der Waals surface area contributed by atoms with Gasteiger partial charge in [-0.2, -0.15) is 0 Å². The van der Waals surface area contributed by atoms with Gasteiger partial charge in [-0.15, -0.1) is 0 Å². The predicted octanol–water partition coefficient (Wildman–Crippen LogP) is 16.1. The van der Waals surface area contributed by atoms with E-state index in [1.54, 1.807) is 0 Å². The summed E-state index contributed by atoms with van der Waals surface area (Å²) in [7, 11) is 0. The highest BCUT2D eigenvalue weighted by atomic mass is 16.6. The van der Waals surface area contributed by atoms with Crippen LogP contribution in [0.2, 0.25) is 0 Å². The van der Waals surface area contributed by atoms with Crippen molar-refractivity contribution >= 4 is 17.9 Å². The first-order valence-electron chi connectivity index (χ1n) is 24.5. The minimum Gasteiger partial charge on any atom is -0.462 e.